The van der Waals surface area contributed by atoms with Gasteiger partial charge in [0.2, 0.25) is 11.9 Å². The second-order valence-corrected chi connectivity index (χ2v) is 5.86. The number of rotatable bonds is 4. The van der Waals surface area contributed by atoms with Crippen molar-refractivity contribution in [3.63, 3.8) is 0 Å². The van der Waals surface area contributed by atoms with E-state index in [0.29, 0.717) is 17.8 Å². The molecular formula is C12H4Cl2F5N3OS. The van der Waals surface area contributed by atoms with Gasteiger partial charge in [0.15, 0.2) is 11.4 Å². The number of carbonyl (C=O) groups is 1. The zero-order chi connectivity index (χ0) is 18.1. The van der Waals surface area contributed by atoms with Crippen LogP contribution in [0.25, 0.3) is 0 Å². The van der Waals surface area contributed by atoms with E-state index in [1.807, 2.05) is 0 Å². The number of halogens is 7. The molecule has 128 valence electrons. The van der Waals surface area contributed by atoms with E-state index in [-0.39, 0.29) is 17.6 Å². The fourth-order valence-corrected chi connectivity index (χ4v) is 3.02. The first kappa shape index (κ1) is 18.8. The fraction of sp³-hybridized carbons (Fsp3) is 0.167. The molecule has 0 saturated carbocycles. The molecule has 0 spiro atoms. The van der Waals surface area contributed by atoms with Gasteiger partial charge >= 0.3 is 6.18 Å². The molecule has 2 rings (SSSR count). The standard InChI is InChI=1S/C12H4Cl2F5N3OS/c13-7-5(8(14)10(16)22-9(7)15)3-24-11-20-4(2-23)1-6(21-11)12(17,18)19/h1-2H,3H2. The number of alkyl halides is 3. The number of aldehydes is 1. The molecule has 0 amide bonds. The van der Waals surface area contributed by atoms with Crippen LogP contribution in [0.15, 0.2) is 11.2 Å². The Balaban J connectivity index is 2.35. The molecular weight excluding hydrogens is 400 g/mol. The van der Waals surface area contributed by atoms with Gasteiger partial charge in [0, 0.05) is 11.3 Å². The maximum Gasteiger partial charge on any atom is 0.433 e. The van der Waals surface area contributed by atoms with Crippen molar-refractivity contribution < 1.29 is 26.7 Å². The summed E-state index contributed by atoms with van der Waals surface area (Å²) < 4.78 is 64.8. The molecule has 0 atom stereocenters. The van der Waals surface area contributed by atoms with E-state index in [1.165, 1.54) is 0 Å². The van der Waals surface area contributed by atoms with Gasteiger partial charge in [-0.3, -0.25) is 4.79 Å². The van der Waals surface area contributed by atoms with Crippen molar-refractivity contribution in [1.82, 2.24) is 15.0 Å². The number of hydrogen-bond donors (Lipinski definition) is 0. The Hall–Kier alpha value is -1.52. The van der Waals surface area contributed by atoms with Gasteiger partial charge in [0.25, 0.3) is 0 Å². The van der Waals surface area contributed by atoms with Crippen molar-refractivity contribution in [2.75, 3.05) is 0 Å². The molecule has 12 heteroatoms. The SMILES string of the molecule is O=Cc1cc(C(F)(F)F)nc(SCc2c(Cl)c(F)nc(F)c2Cl)n1. The number of carbonyl (C=O) groups excluding carboxylic acids is 1. The van der Waals surface area contributed by atoms with Crippen LogP contribution in [-0.2, 0) is 11.9 Å². The minimum atomic E-state index is -4.79. The summed E-state index contributed by atoms with van der Waals surface area (Å²) in [4.78, 5) is 20.4. The minimum absolute atomic E-state index is 0.118. The fourth-order valence-electron chi connectivity index (χ4n) is 1.51. The molecule has 24 heavy (non-hydrogen) atoms. The number of nitrogens with zero attached hydrogens (tertiary/aromatic N) is 3. The third-order valence-corrected chi connectivity index (χ3v) is 4.21. The highest BCUT2D eigenvalue weighted by atomic mass is 35.5. The van der Waals surface area contributed by atoms with E-state index < -0.39 is 44.7 Å². The molecule has 0 aliphatic heterocycles. The molecule has 0 saturated heterocycles. The third kappa shape index (κ3) is 4.11. The second kappa shape index (κ2) is 7.16. The third-order valence-electron chi connectivity index (χ3n) is 2.57. The first-order valence-corrected chi connectivity index (χ1v) is 7.60. The molecule has 2 heterocycles. The van der Waals surface area contributed by atoms with Gasteiger partial charge in [-0.2, -0.15) is 26.9 Å². The lowest BCUT2D eigenvalue weighted by atomic mass is 10.3. The van der Waals surface area contributed by atoms with Gasteiger partial charge < -0.3 is 0 Å². The highest BCUT2D eigenvalue weighted by Crippen LogP contribution is 2.34. The van der Waals surface area contributed by atoms with Gasteiger partial charge in [-0.1, -0.05) is 35.0 Å². The number of aromatic nitrogens is 3. The van der Waals surface area contributed by atoms with E-state index in [4.69, 9.17) is 23.2 Å². The molecule has 0 aromatic carbocycles. The molecule has 0 aliphatic rings. The summed E-state index contributed by atoms with van der Waals surface area (Å²) in [6, 6.07) is 0.475. The average Bonchev–Trinajstić information content (AvgIpc) is 2.52. The van der Waals surface area contributed by atoms with E-state index in [9.17, 15) is 26.7 Å². The molecule has 2 aromatic heterocycles. The average molecular weight is 404 g/mol. The summed E-state index contributed by atoms with van der Waals surface area (Å²) >= 11 is 11.8. The van der Waals surface area contributed by atoms with Crippen LogP contribution in [-0.4, -0.2) is 21.2 Å². The van der Waals surface area contributed by atoms with Crippen molar-refractivity contribution in [3.05, 3.63) is 45.0 Å². The monoisotopic (exact) mass is 403 g/mol. The lowest BCUT2D eigenvalue weighted by Gasteiger charge is -2.10. The maximum absolute atomic E-state index is 13.3. The lowest BCUT2D eigenvalue weighted by molar-refractivity contribution is -0.141. The summed E-state index contributed by atoms with van der Waals surface area (Å²) in [5, 5.41) is -1.58. The van der Waals surface area contributed by atoms with Crippen LogP contribution in [0.2, 0.25) is 10.0 Å². The van der Waals surface area contributed by atoms with Gasteiger partial charge in [0.1, 0.15) is 21.4 Å². The number of hydrogen-bond acceptors (Lipinski definition) is 5. The van der Waals surface area contributed by atoms with Crippen molar-refractivity contribution in [1.29, 1.82) is 0 Å². The van der Waals surface area contributed by atoms with Gasteiger partial charge in [-0.05, 0) is 6.07 Å². The minimum Gasteiger partial charge on any atom is -0.296 e. The first-order chi connectivity index (χ1) is 11.1. The highest BCUT2D eigenvalue weighted by Gasteiger charge is 2.33. The van der Waals surface area contributed by atoms with Crippen LogP contribution in [0, 0.1) is 11.9 Å². The van der Waals surface area contributed by atoms with E-state index in [1.54, 1.807) is 0 Å². The van der Waals surface area contributed by atoms with Crippen LogP contribution in [0.3, 0.4) is 0 Å². The Bertz CT molecular complexity index is 777. The molecule has 0 bridgehead atoms. The topological polar surface area (TPSA) is 55.7 Å². The molecule has 0 radical (unpaired) electrons. The van der Waals surface area contributed by atoms with E-state index in [2.05, 4.69) is 15.0 Å². The Morgan fingerprint density at radius 1 is 1.08 bits per heavy atom. The second-order valence-electron chi connectivity index (χ2n) is 4.16. The quantitative estimate of drug-likeness (QED) is 0.246. The van der Waals surface area contributed by atoms with Gasteiger partial charge in [-0.25, -0.2) is 9.97 Å². The van der Waals surface area contributed by atoms with Crippen molar-refractivity contribution in [2.45, 2.75) is 17.1 Å². The molecule has 0 unspecified atom stereocenters. The van der Waals surface area contributed by atoms with Crippen molar-refractivity contribution >= 4 is 41.2 Å². The summed E-state index contributed by atoms with van der Waals surface area (Å²) in [5.41, 5.74) is -2.04. The van der Waals surface area contributed by atoms with Crippen LogP contribution in [0.4, 0.5) is 22.0 Å². The normalized spacial score (nSPS) is 11.6. The van der Waals surface area contributed by atoms with Crippen LogP contribution in [0.1, 0.15) is 21.7 Å². The van der Waals surface area contributed by atoms with Crippen LogP contribution >= 0.6 is 35.0 Å². The predicted octanol–water partition coefficient (Wildman–Crippen LogP) is 4.58. The lowest BCUT2D eigenvalue weighted by Crippen LogP contribution is -2.11. The zero-order valence-electron chi connectivity index (χ0n) is 11.2. The van der Waals surface area contributed by atoms with Gasteiger partial charge in [0.05, 0.1) is 0 Å². The molecule has 0 fully saturated rings. The van der Waals surface area contributed by atoms with Crippen molar-refractivity contribution in [3.8, 4) is 0 Å². The van der Waals surface area contributed by atoms with E-state index in [0.717, 1.165) is 0 Å². The Labute approximate surface area is 145 Å². The largest absolute Gasteiger partial charge is 0.433 e. The molecule has 4 nitrogen and oxygen atoms in total. The highest BCUT2D eigenvalue weighted by molar-refractivity contribution is 7.98. The summed E-state index contributed by atoms with van der Waals surface area (Å²) in [5.74, 6) is -2.96. The summed E-state index contributed by atoms with van der Waals surface area (Å²) in [6.45, 7) is 0. The Morgan fingerprint density at radius 2 is 1.67 bits per heavy atom. The summed E-state index contributed by atoms with van der Waals surface area (Å²) in [6.07, 6.45) is -4.67. The first-order valence-electron chi connectivity index (χ1n) is 5.86. The maximum atomic E-state index is 13.3. The van der Waals surface area contributed by atoms with Crippen LogP contribution < -0.4 is 0 Å². The zero-order valence-corrected chi connectivity index (χ0v) is 13.5. The van der Waals surface area contributed by atoms with Gasteiger partial charge in [-0.15, -0.1) is 0 Å². The molecule has 2 aromatic rings. The molecule has 0 aliphatic carbocycles. The Morgan fingerprint density at radius 3 is 2.17 bits per heavy atom. The molecule has 0 N–H and O–H groups in total. The van der Waals surface area contributed by atoms with E-state index >= 15 is 0 Å². The Kier molecular flexibility index (Phi) is 5.61. The van der Waals surface area contributed by atoms with Crippen molar-refractivity contribution in [2.24, 2.45) is 0 Å². The number of thioether (sulfide) groups is 1. The van der Waals surface area contributed by atoms with Crippen LogP contribution in [0.5, 0.6) is 0 Å². The predicted molar refractivity (Wildman–Crippen MR) is 76.2 cm³/mol. The number of pyridine rings is 1. The summed E-state index contributed by atoms with van der Waals surface area (Å²) in [7, 11) is 0. The smallest absolute Gasteiger partial charge is 0.296 e.